The normalized spacial score (nSPS) is 18.0. The number of benzene rings is 1. The van der Waals surface area contributed by atoms with E-state index in [-0.39, 0.29) is 37.6 Å². The van der Waals surface area contributed by atoms with Crippen molar-refractivity contribution in [2.45, 2.75) is 64.1 Å². The molecule has 0 saturated heterocycles. The third-order valence-corrected chi connectivity index (χ3v) is 6.56. The predicted octanol–water partition coefficient (Wildman–Crippen LogP) is 4.55. The summed E-state index contributed by atoms with van der Waals surface area (Å²) in [4.78, 5) is 20.7. The van der Waals surface area contributed by atoms with Crippen LogP contribution >= 0.6 is 0 Å². The number of nitrogens with one attached hydrogen (secondary N) is 1. The number of fused-ring (bicyclic) bond motifs is 2. The van der Waals surface area contributed by atoms with Crippen LogP contribution in [0, 0.1) is 5.92 Å². The van der Waals surface area contributed by atoms with Crippen molar-refractivity contribution in [1.29, 1.82) is 0 Å². The smallest absolute Gasteiger partial charge is 0.347 e. The fraction of sp³-hybridized carbons (Fsp3) is 0.478. The SMILES string of the molecule is O=C(NCc1ccc(-c2nc3n(n2)CC[C@H](C(F)(F)F)C3)cc1)c1c(C(F)(F)F)nc2n1CCCC2. The molecule has 36 heavy (non-hydrogen) atoms. The molecule has 5 rings (SSSR count). The number of aromatic nitrogens is 5. The Bertz CT molecular complexity index is 1270. The van der Waals surface area contributed by atoms with E-state index in [1.54, 1.807) is 24.3 Å². The van der Waals surface area contributed by atoms with Gasteiger partial charge in [-0.05, 0) is 24.8 Å². The van der Waals surface area contributed by atoms with Crippen molar-refractivity contribution < 1.29 is 31.1 Å². The third-order valence-electron chi connectivity index (χ3n) is 6.56. The average Bonchev–Trinajstić information content (AvgIpc) is 3.43. The van der Waals surface area contributed by atoms with E-state index in [1.807, 2.05) is 0 Å². The first-order valence-electron chi connectivity index (χ1n) is 11.6. The van der Waals surface area contributed by atoms with E-state index in [9.17, 15) is 31.1 Å². The third kappa shape index (κ3) is 4.70. The number of halogens is 6. The first-order valence-corrected chi connectivity index (χ1v) is 11.6. The van der Waals surface area contributed by atoms with Crippen LogP contribution in [-0.4, -0.2) is 36.4 Å². The van der Waals surface area contributed by atoms with Gasteiger partial charge in [0.2, 0.25) is 0 Å². The van der Waals surface area contributed by atoms with Gasteiger partial charge >= 0.3 is 12.4 Å². The van der Waals surface area contributed by atoms with E-state index in [1.165, 1.54) is 9.25 Å². The Hall–Kier alpha value is -3.38. The summed E-state index contributed by atoms with van der Waals surface area (Å²) in [6.07, 6.45) is -7.51. The maximum Gasteiger partial charge on any atom is 0.435 e. The van der Waals surface area contributed by atoms with E-state index in [0.29, 0.717) is 36.3 Å². The predicted molar refractivity (Wildman–Crippen MR) is 115 cm³/mol. The van der Waals surface area contributed by atoms with Gasteiger partial charge < -0.3 is 9.88 Å². The van der Waals surface area contributed by atoms with Gasteiger partial charge in [0.15, 0.2) is 11.5 Å². The first kappa shape index (κ1) is 24.3. The summed E-state index contributed by atoms with van der Waals surface area (Å²) in [6.45, 7) is 0.424. The van der Waals surface area contributed by atoms with Gasteiger partial charge in [0.25, 0.3) is 5.91 Å². The van der Waals surface area contributed by atoms with Crippen LogP contribution in [0.2, 0.25) is 0 Å². The highest BCUT2D eigenvalue weighted by Gasteiger charge is 2.43. The minimum absolute atomic E-state index is 0.0166. The van der Waals surface area contributed by atoms with Crippen LogP contribution < -0.4 is 5.32 Å². The van der Waals surface area contributed by atoms with Crippen molar-refractivity contribution >= 4 is 5.91 Å². The number of imidazole rings is 1. The highest BCUT2D eigenvalue weighted by Crippen LogP contribution is 2.35. The lowest BCUT2D eigenvalue weighted by molar-refractivity contribution is -0.179. The summed E-state index contributed by atoms with van der Waals surface area (Å²) in [7, 11) is 0. The Morgan fingerprint density at radius 3 is 2.44 bits per heavy atom. The molecule has 0 aliphatic carbocycles. The van der Waals surface area contributed by atoms with Crippen molar-refractivity contribution in [1.82, 2.24) is 29.6 Å². The minimum Gasteiger partial charge on any atom is -0.347 e. The lowest BCUT2D eigenvalue weighted by atomic mass is 9.98. The molecule has 13 heteroatoms. The van der Waals surface area contributed by atoms with Crippen LogP contribution in [0.15, 0.2) is 24.3 Å². The molecular weight excluding hydrogens is 490 g/mol. The number of amides is 1. The van der Waals surface area contributed by atoms with E-state index < -0.39 is 35.6 Å². The second-order valence-electron chi connectivity index (χ2n) is 9.02. The standard InChI is InChI=1S/C23H22F6N6O/c24-22(25,26)15-8-10-35-17(11-15)32-20(33-35)14-6-4-13(5-7-14)12-30-21(36)18-19(23(27,28)29)31-16-3-1-2-9-34(16)18/h4-7,15H,1-3,8-12H2,(H,30,36)/t15-/m0/s1. The molecular formula is C23H22F6N6O. The van der Waals surface area contributed by atoms with Crippen molar-refractivity contribution in [2.75, 3.05) is 0 Å². The molecule has 0 fully saturated rings. The highest BCUT2D eigenvalue weighted by molar-refractivity contribution is 5.94. The maximum atomic E-state index is 13.5. The number of aryl methyl sites for hydroxylation is 2. The monoisotopic (exact) mass is 512 g/mol. The van der Waals surface area contributed by atoms with Crippen LogP contribution in [-0.2, 0) is 38.7 Å². The quantitative estimate of drug-likeness (QED) is 0.521. The summed E-state index contributed by atoms with van der Waals surface area (Å²) in [5.74, 6) is -1.45. The lowest BCUT2D eigenvalue weighted by Gasteiger charge is -2.24. The Labute approximate surface area is 201 Å². The molecule has 0 unspecified atom stereocenters. The zero-order valence-corrected chi connectivity index (χ0v) is 19.0. The van der Waals surface area contributed by atoms with Crippen LogP contribution in [0.4, 0.5) is 26.3 Å². The summed E-state index contributed by atoms with van der Waals surface area (Å²) in [5.41, 5.74) is -0.437. The van der Waals surface area contributed by atoms with Gasteiger partial charge in [0, 0.05) is 38.0 Å². The molecule has 1 amide bonds. The molecule has 1 atom stereocenters. The van der Waals surface area contributed by atoms with Gasteiger partial charge in [-0.3, -0.25) is 4.79 Å². The Kier molecular flexibility index (Phi) is 6.03. The second kappa shape index (κ2) is 8.93. The molecule has 7 nitrogen and oxygen atoms in total. The van der Waals surface area contributed by atoms with Crippen LogP contribution in [0.25, 0.3) is 11.4 Å². The Morgan fingerprint density at radius 1 is 1.00 bits per heavy atom. The van der Waals surface area contributed by atoms with Gasteiger partial charge in [0.05, 0.1) is 5.92 Å². The average molecular weight is 512 g/mol. The molecule has 0 bridgehead atoms. The number of carbonyl (C=O) groups excluding carboxylic acids is 1. The van der Waals surface area contributed by atoms with E-state index >= 15 is 0 Å². The fourth-order valence-electron chi connectivity index (χ4n) is 4.66. The molecule has 2 aliphatic rings. The van der Waals surface area contributed by atoms with Crippen molar-refractivity contribution in [2.24, 2.45) is 5.92 Å². The zero-order chi connectivity index (χ0) is 25.7. The molecule has 2 aromatic heterocycles. The lowest BCUT2D eigenvalue weighted by Crippen LogP contribution is -2.31. The van der Waals surface area contributed by atoms with Gasteiger partial charge in [-0.1, -0.05) is 24.3 Å². The molecule has 4 heterocycles. The maximum absolute atomic E-state index is 13.5. The van der Waals surface area contributed by atoms with Gasteiger partial charge in [-0.25, -0.2) is 14.6 Å². The number of hydrogen-bond acceptors (Lipinski definition) is 4. The van der Waals surface area contributed by atoms with E-state index in [2.05, 4.69) is 20.4 Å². The number of alkyl halides is 6. The molecule has 0 spiro atoms. The number of nitrogens with zero attached hydrogens (tertiary/aromatic N) is 5. The number of hydrogen-bond donors (Lipinski definition) is 1. The van der Waals surface area contributed by atoms with Crippen molar-refractivity contribution in [3.05, 3.63) is 52.9 Å². The van der Waals surface area contributed by atoms with E-state index in [0.717, 1.165) is 6.42 Å². The molecule has 192 valence electrons. The van der Waals surface area contributed by atoms with Gasteiger partial charge in [-0.15, -0.1) is 0 Å². The number of rotatable bonds is 4. The summed E-state index contributed by atoms with van der Waals surface area (Å²) in [6, 6.07) is 6.63. The van der Waals surface area contributed by atoms with Gasteiger partial charge in [-0.2, -0.15) is 31.4 Å². The highest BCUT2D eigenvalue weighted by atomic mass is 19.4. The first-order chi connectivity index (χ1) is 17.0. The summed E-state index contributed by atoms with van der Waals surface area (Å²) >= 11 is 0. The molecule has 2 aliphatic heterocycles. The minimum atomic E-state index is -4.74. The van der Waals surface area contributed by atoms with Crippen LogP contribution in [0.5, 0.6) is 0 Å². The topological polar surface area (TPSA) is 77.6 Å². The number of carbonyl (C=O) groups is 1. The Balaban J connectivity index is 1.28. The fourth-order valence-corrected chi connectivity index (χ4v) is 4.66. The summed E-state index contributed by atoms with van der Waals surface area (Å²) < 4.78 is 82.5. The van der Waals surface area contributed by atoms with Crippen LogP contribution in [0.3, 0.4) is 0 Å². The molecule has 3 aromatic rings. The Morgan fingerprint density at radius 2 is 1.75 bits per heavy atom. The van der Waals surface area contributed by atoms with Crippen LogP contribution in [0.1, 0.15) is 52.7 Å². The molecule has 0 radical (unpaired) electrons. The molecule has 0 saturated carbocycles. The summed E-state index contributed by atoms with van der Waals surface area (Å²) in [5, 5.41) is 6.84. The van der Waals surface area contributed by atoms with Gasteiger partial charge in [0.1, 0.15) is 17.3 Å². The van der Waals surface area contributed by atoms with Crippen molar-refractivity contribution in [3.8, 4) is 11.4 Å². The molecule has 1 aromatic carbocycles. The van der Waals surface area contributed by atoms with Crippen molar-refractivity contribution in [3.63, 3.8) is 0 Å². The largest absolute Gasteiger partial charge is 0.435 e. The van der Waals surface area contributed by atoms with E-state index in [4.69, 9.17) is 0 Å². The second-order valence-corrected chi connectivity index (χ2v) is 9.02. The molecule has 1 N–H and O–H groups in total. The zero-order valence-electron chi connectivity index (χ0n) is 19.0.